The van der Waals surface area contributed by atoms with E-state index in [1.165, 1.54) is 0 Å². The third-order valence-electron chi connectivity index (χ3n) is 2.85. The molecule has 2 amide bonds. The van der Waals surface area contributed by atoms with Crippen molar-refractivity contribution in [3.63, 3.8) is 0 Å². The molecule has 1 aliphatic rings. The predicted octanol–water partition coefficient (Wildman–Crippen LogP) is -0.0310. The summed E-state index contributed by atoms with van der Waals surface area (Å²) < 4.78 is 0. The first-order valence-corrected chi connectivity index (χ1v) is 6.30. The van der Waals surface area contributed by atoms with Gasteiger partial charge in [0.05, 0.1) is 6.54 Å². The third kappa shape index (κ3) is 4.73. The van der Waals surface area contributed by atoms with Crippen LogP contribution in [0.4, 0.5) is 0 Å². The van der Waals surface area contributed by atoms with Crippen LogP contribution < -0.4 is 10.6 Å². The lowest BCUT2D eigenvalue weighted by molar-refractivity contribution is -0.137. The van der Waals surface area contributed by atoms with Crippen LogP contribution in [0.15, 0.2) is 0 Å². The molecule has 0 bridgehead atoms. The van der Waals surface area contributed by atoms with E-state index in [2.05, 4.69) is 10.6 Å². The molecule has 2 N–H and O–H groups in total. The van der Waals surface area contributed by atoms with E-state index in [4.69, 9.17) is 0 Å². The second kappa shape index (κ2) is 6.59. The quantitative estimate of drug-likeness (QED) is 0.686. The van der Waals surface area contributed by atoms with Crippen molar-refractivity contribution in [3.05, 3.63) is 0 Å². The van der Waals surface area contributed by atoms with E-state index in [1.807, 2.05) is 20.8 Å². The molecule has 5 nitrogen and oxygen atoms in total. The normalized spacial score (nSPS) is 15.5. The Kier molecular flexibility index (Phi) is 5.41. The Hall–Kier alpha value is -1.10. The van der Waals surface area contributed by atoms with E-state index in [0.29, 0.717) is 18.9 Å². The van der Waals surface area contributed by atoms with Crippen LogP contribution in [0.1, 0.15) is 27.2 Å². The number of nitrogens with one attached hydrogen (secondary N) is 2. The number of amides is 2. The average Bonchev–Trinajstić information content (AvgIpc) is 2.18. The largest absolute Gasteiger partial charge is 0.352 e. The maximum atomic E-state index is 11.9. The molecule has 0 spiro atoms. The van der Waals surface area contributed by atoms with E-state index in [-0.39, 0.29) is 24.4 Å². The zero-order valence-electron chi connectivity index (χ0n) is 11.0. The molecular formula is C12H23N3O2. The molecule has 0 radical (unpaired) electrons. The van der Waals surface area contributed by atoms with Crippen LogP contribution in [-0.4, -0.2) is 48.9 Å². The maximum Gasteiger partial charge on any atom is 0.239 e. The van der Waals surface area contributed by atoms with Gasteiger partial charge in [-0.1, -0.05) is 0 Å². The summed E-state index contributed by atoms with van der Waals surface area (Å²) >= 11 is 0. The molecule has 1 heterocycles. The number of likely N-dealkylation sites (N-methyl/N-ethyl adjacent to an activating group) is 1. The standard InChI is InChI=1S/C12H23N3O2/c1-4-15(8-11(16)14-9(2)3)12(17)5-10-6-13-7-10/h9-10,13H,4-8H2,1-3H3,(H,14,16). The number of carbonyl (C=O) groups excluding carboxylic acids is 2. The van der Waals surface area contributed by atoms with Gasteiger partial charge < -0.3 is 15.5 Å². The Labute approximate surface area is 103 Å². The minimum Gasteiger partial charge on any atom is -0.352 e. The lowest BCUT2D eigenvalue weighted by Crippen LogP contribution is -2.47. The first-order valence-electron chi connectivity index (χ1n) is 6.30. The van der Waals surface area contributed by atoms with Gasteiger partial charge in [0.25, 0.3) is 0 Å². The lowest BCUT2D eigenvalue weighted by atomic mass is 9.99. The molecule has 1 rings (SSSR count). The highest BCUT2D eigenvalue weighted by Crippen LogP contribution is 2.10. The molecular weight excluding hydrogens is 218 g/mol. The fourth-order valence-corrected chi connectivity index (χ4v) is 1.79. The molecule has 98 valence electrons. The topological polar surface area (TPSA) is 61.4 Å². The minimum atomic E-state index is -0.0815. The summed E-state index contributed by atoms with van der Waals surface area (Å²) in [7, 11) is 0. The Morgan fingerprint density at radius 3 is 2.47 bits per heavy atom. The van der Waals surface area contributed by atoms with Crippen LogP contribution in [0.5, 0.6) is 0 Å². The monoisotopic (exact) mass is 241 g/mol. The van der Waals surface area contributed by atoms with Gasteiger partial charge in [-0.25, -0.2) is 0 Å². The van der Waals surface area contributed by atoms with Gasteiger partial charge in [-0.2, -0.15) is 0 Å². The van der Waals surface area contributed by atoms with Gasteiger partial charge in [0.15, 0.2) is 0 Å². The molecule has 5 heteroatoms. The molecule has 0 saturated carbocycles. The van der Waals surface area contributed by atoms with Crippen LogP contribution in [0.2, 0.25) is 0 Å². The smallest absolute Gasteiger partial charge is 0.239 e. The summed E-state index contributed by atoms with van der Waals surface area (Å²) in [5.74, 6) is 0.449. The van der Waals surface area contributed by atoms with E-state index in [0.717, 1.165) is 13.1 Å². The molecule has 0 aliphatic carbocycles. The molecule has 0 aromatic rings. The maximum absolute atomic E-state index is 11.9. The zero-order valence-corrected chi connectivity index (χ0v) is 11.0. The van der Waals surface area contributed by atoms with Crippen LogP contribution in [0.3, 0.4) is 0 Å². The van der Waals surface area contributed by atoms with E-state index in [9.17, 15) is 9.59 Å². The summed E-state index contributed by atoms with van der Waals surface area (Å²) in [6.45, 7) is 8.33. The fraction of sp³-hybridized carbons (Fsp3) is 0.833. The van der Waals surface area contributed by atoms with Crippen LogP contribution >= 0.6 is 0 Å². The van der Waals surface area contributed by atoms with Crippen LogP contribution in [0.25, 0.3) is 0 Å². The molecule has 1 aliphatic heterocycles. The zero-order chi connectivity index (χ0) is 12.8. The SMILES string of the molecule is CCN(CC(=O)NC(C)C)C(=O)CC1CNC1. The second-order valence-corrected chi connectivity index (χ2v) is 4.86. The molecule has 1 saturated heterocycles. The van der Waals surface area contributed by atoms with Crippen molar-refractivity contribution >= 4 is 11.8 Å². The Morgan fingerprint density at radius 2 is 2.06 bits per heavy atom. The van der Waals surface area contributed by atoms with Crippen molar-refractivity contribution in [2.45, 2.75) is 33.2 Å². The van der Waals surface area contributed by atoms with Gasteiger partial charge in [-0.3, -0.25) is 9.59 Å². The lowest BCUT2D eigenvalue weighted by Gasteiger charge is -2.29. The average molecular weight is 241 g/mol. The number of rotatable bonds is 6. The van der Waals surface area contributed by atoms with Crippen molar-refractivity contribution < 1.29 is 9.59 Å². The highest BCUT2D eigenvalue weighted by molar-refractivity contribution is 5.85. The van der Waals surface area contributed by atoms with Gasteiger partial charge in [0, 0.05) is 19.0 Å². The van der Waals surface area contributed by atoms with Gasteiger partial charge in [0.1, 0.15) is 0 Å². The first-order chi connectivity index (χ1) is 8.02. The first kappa shape index (κ1) is 14.0. The molecule has 0 aromatic heterocycles. The summed E-state index contributed by atoms with van der Waals surface area (Å²) in [4.78, 5) is 25.1. The fourth-order valence-electron chi connectivity index (χ4n) is 1.79. The van der Waals surface area contributed by atoms with E-state index in [1.54, 1.807) is 4.90 Å². The van der Waals surface area contributed by atoms with Crippen molar-refractivity contribution in [1.82, 2.24) is 15.5 Å². The van der Waals surface area contributed by atoms with Crippen molar-refractivity contribution in [3.8, 4) is 0 Å². The molecule has 0 atom stereocenters. The molecule has 0 aromatic carbocycles. The molecule has 17 heavy (non-hydrogen) atoms. The van der Waals surface area contributed by atoms with E-state index < -0.39 is 0 Å². The Bertz CT molecular complexity index is 275. The summed E-state index contributed by atoms with van der Waals surface area (Å²) in [5, 5.41) is 5.94. The highest BCUT2D eigenvalue weighted by atomic mass is 16.2. The van der Waals surface area contributed by atoms with Crippen molar-refractivity contribution in [2.24, 2.45) is 5.92 Å². The summed E-state index contributed by atoms with van der Waals surface area (Å²) in [6, 6.07) is 0.118. The Balaban J connectivity index is 2.35. The highest BCUT2D eigenvalue weighted by Gasteiger charge is 2.23. The Morgan fingerprint density at radius 1 is 1.41 bits per heavy atom. The van der Waals surface area contributed by atoms with Crippen molar-refractivity contribution in [1.29, 1.82) is 0 Å². The second-order valence-electron chi connectivity index (χ2n) is 4.86. The molecule has 1 fully saturated rings. The summed E-state index contributed by atoms with van der Waals surface area (Å²) in [5.41, 5.74) is 0. The van der Waals surface area contributed by atoms with Crippen molar-refractivity contribution in [2.75, 3.05) is 26.2 Å². The van der Waals surface area contributed by atoms with Crippen LogP contribution in [0, 0.1) is 5.92 Å². The number of nitrogens with zero attached hydrogens (tertiary/aromatic N) is 1. The minimum absolute atomic E-state index is 0.0814. The number of carbonyl (C=O) groups is 2. The number of hydrogen-bond acceptors (Lipinski definition) is 3. The van der Waals surface area contributed by atoms with Gasteiger partial charge in [-0.05, 0) is 39.8 Å². The number of hydrogen-bond donors (Lipinski definition) is 2. The molecule has 0 unspecified atom stereocenters. The van der Waals surface area contributed by atoms with Gasteiger partial charge in [-0.15, -0.1) is 0 Å². The summed E-state index contributed by atoms with van der Waals surface area (Å²) in [6.07, 6.45) is 0.551. The van der Waals surface area contributed by atoms with Gasteiger partial charge >= 0.3 is 0 Å². The van der Waals surface area contributed by atoms with E-state index >= 15 is 0 Å². The van der Waals surface area contributed by atoms with Crippen LogP contribution in [-0.2, 0) is 9.59 Å². The predicted molar refractivity (Wildman–Crippen MR) is 66.5 cm³/mol. The van der Waals surface area contributed by atoms with Gasteiger partial charge in [0.2, 0.25) is 11.8 Å². The third-order valence-corrected chi connectivity index (χ3v) is 2.85.